The summed E-state index contributed by atoms with van der Waals surface area (Å²) in [7, 11) is 0. The Balaban J connectivity index is 1.25. The quantitative estimate of drug-likeness (QED) is 0.325. The SMILES string of the molecule is CCc1cc(O)ccc1-c1ccc2c(-c3nc(C4=CCN(C(=O)C5CCCN5)CC4)c[nH]3)n[nH]c2c1F. The molecular formula is C28H29FN6O2. The van der Waals surface area contributed by atoms with Gasteiger partial charge in [-0.15, -0.1) is 0 Å². The zero-order chi connectivity index (χ0) is 25.5. The number of aryl methyl sites for hydroxylation is 1. The molecule has 190 valence electrons. The van der Waals surface area contributed by atoms with Crippen LogP contribution in [0.25, 0.3) is 39.1 Å². The van der Waals surface area contributed by atoms with Gasteiger partial charge < -0.3 is 20.3 Å². The first-order valence-electron chi connectivity index (χ1n) is 12.8. The van der Waals surface area contributed by atoms with Crippen LogP contribution in [0.3, 0.4) is 0 Å². The highest BCUT2D eigenvalue weighted by molar-refractivity contribution is 5.95. The molecule has 1 unspecified atom stereocenters. The van der Waals surface area contributed by atoms with Crippen molar-refractivity contribution in [1.82, 2.24) is 30.4 Å². The van der Waals surface area contributed by atoms with Crippen LogP contribution in [-0.2, 0) is 11.2 Å². The molecule has 4 heterocycles. The smallest absolute Gasteiger partial charge is 0.239 e. The number of H-pyrrole nitrogens is 2. The molecule has 4 N–H and O–H groups in total. The number of amides is 1. The molecule has 1 saturated heterocycles. The predicted molar refractivity (Wildman–Crippen MR) is 140 cm³/mol. The standard InChI is InChI=1S/C28H29FN6O2/c1-2-16-14-18(36)5-6-19(16)20-7-8-21-25(24(20)29)33-34-26(21)27-31-15-23(32-27)17-9-12-35(13-10-17)28(37)22-4-3-11-30-22/h5-9,14-15,22,30,36H,2-4,10-13H2,1H3,(H,31,32)(H,33,34). The molecule has 2 aliphatic rings. The van der Waals surface area contributed by atoms with Crippen LogP contribution >= 0.6 is 0 Å². The number of imidazole rings is 1. The van der Waals surface area contributed by atoms with Crippen molar-refractivity contribution in [1.29, 1.82) is 0 Å². The number of hydrogen-bond acceptors (Lipinski definition) is 5. The van der Waals surface area contributed by atoms with Crippen molar-refractivity contribution < 1.29 is 14.3 Å². The van der Waals surface area contributed by atoms with Gasteiger partial charge in [0.05, 0.1) is 11.7 Å². The number of carbonyl (C=O) groups is 1. The summed E-state index contributed by atoms with van der Waals surface area (Å²) in [5, 5.41) is 21.0. The molecule has 2 aliphatic heterocycles. The normalized spacial score (nSPS) is 17.9. The Hall–Kier alpha value is -3.98. The van der Waals surface area contributed by atoms with E-state index in [2.05, 4.69) is 26.6 Å². The number of phenols is 1. The van der Waals surface area contributed by atoms with Gasteiger partial charge in [-0.05, 0) is 67.1 Å². The number of aromatic nitrogens is 4. The van der Waals surface area contributed by atoms with Gasteiger partial charge in [0.1, 0.15) is 17.0 Å². The van der Waals surface area contributed by atoms with E-state index in [4.69, 9.17) is 4.98 Å². The Morgan fingerprint density at radius 2 is 2.11 bits per heavy atom. The zero-order valence-electron chi connectivity index (χ0n) is 20.6. The van der Waals surface area contributed by atoms with E-state index in [9.17, 15) is 9.90 Å². The monoisotopic (exact) mass is 500 g/mol. The van der Waals surface area contributed by atoms with Crippen LogP contribution in [0, 0.1) is 5.82 Å². The minimum atomic E-state index is -0.389. The highest BCUT2D eigenvalue weighted by atomic mass is 19.1. The first-order chi connectivity index (χ1) is 18.0. The highest BCUT2D eigenvalue weighted by Gasteiger charge is 2.28. The lowest BCUT2D eigenvalue weighted by Gasteiger charge is -2.28. The third-order valence-electron chi connectivity index (χ3n) is 7.45. The number of hydrogen-bond donors (Lipinski definition) is 4. The van der Waals surface area contributed by atoms with Crippen LogP contribution in [0.15, 0.2) is 42.6 Å². The molecule has 0 bridgehead atoms. The van der Waals surface area contributed by atoms with Crippen LogP contribution in [-0.4, -0.2) is 61.8 Å². The molecule has 0 spiro atoms. The lowest BCUT2D eigenvalue weighted by molar-refractivity contribution is -0.132. The van der Waals surface area contributed by atoms with Crippen molar-refractivity contribution in [3.8, 4) is 28.4 Å². The summed E-state index contributed by atoms with van der Waals surface area (Å²) in [4.78, 5) is 22.5. The van der Waals surface area contributed by atoms with Gasteiger partial charge in [0.15, 0.2) is 11.6 Å². The van der Waals surface area contributed by atoms with Gasteiger partial charge in [-0.1, -0.05) is 25.1 Å². The van der Waals surface area contributed by atoms with Gasteiger partial charge in [-0.3, -0.25) is 9.89 Å². The van der Waals surface area contributed by atoms with Gasteiger partial charge in [0.25, 0.3) is 0 Å². The second-order valence-corrected chi connectivity index (χ2v) is 9.66. The van der Waals surface area contributed by atoms with E-state index in [0.717, 1.165) is 48.2 Å². The van der Waals surface area contributed by atoms with Gasteiger partial charge >= 0.3 is 0 Å². The summed E-state index contributed by atoms with van der Waals surface area (Å²) < 4.78 is 15.6. The van der Waals surface area contributed by atoms with Gasteiger partial charge in [-0.25, -0.2) is 9.37 Å². The lowest BCUT2D eigenvalue weighted by atomic mass is 9.96. The average Bonchev–Trinajstić information content (AvgIpc) is 3.70. The fourth-order valence-corrected chi connectivity index (χ4v) is 5.40. The lowest BCUT2D eigenvalue weighted by Crippen LogP contribution is -2.45. The second kappa shape index (κ2) is 9.48. The topological polar surface area (TPSA) is 110 Å². The van der Waals surface area contributed by atoms with Crippen molar-refractivity contribution in [3.63, 3.8) is 0 Å². The fraction of sp³-hybridized carbons (Fsp3) is 0.321. The van der Waals surface area contributed by atoms with E-state index in [1.807, 2.05) is 24.1 Å². The van der Waals surface area contributed by atoms with Crippen molar-refractivity contribution >= 4 is 22.4 Å². The van der Waals surface area contributed by atoms with Crippen molar-refractivity contribution in [2.45, 2.75) is 38.6 Å². The molecule has 1 atom stereocenters. The molecule has 8 nitrogen and oxygen atoms in total. The molecule has 37 heavy (non-hydrogen) atoms. The Morgan fingerprint density at radius 3 is 2.86 bits per heavy atom. The highest BCUT2D eigenvalue weighted by Crippen LogP contribution is 2.35. The van der Waals surface area contributed by atoms with Crippen LogP contribution in [0.5, 0.6) is 5.75 Å². The molecule has 1 amide bonds. The number of nitrogens with zero attached hydrogens (tertiary/aromatic N) is 3. The summed E-state index contributed by atoms with van der Waals surface area (Å²) in [5.41, 5.74) is 4.83. The van der Waals surface area contributed by atoms with E-state index in [1.54, 1.807) is 24.3 Å². The molecule has 0 radical (unpaired) electrons. The van der Waals surface area contributed by atoms with E-state index in [0.29, 0.717) is 47.5 Å². The largest absolute Gasteiger partial charge is 0.508 e. The Bertz CT molecular complexity index is 1510. The van der Waals surface area contributed by atoms with Gasteiger partial charge in [0.2, 0.25) is 5.91 Å². The summed E-state index contributed by atoms with van der Waals surface area (Å²) in [6, 6.07) is 8.53. The van der Waals surface area contributed by atoms with E-state index >= 15 is 4.39 Å². The number of phenolic OH excluding ortho intramolecular Hbond substituents is 1. The van der Waals surface area contributed by atoms with E-state index < -0.39 is 0 Å². The minimum absolute atomic E-state index is 0.0524. The maximum Gasteiger partial charge on any atom is 0.239 e. The number of benzene rings is 2. The summed E-state index contributed by atoms with van der Waals surface area (Å²) in [6.07, 6.45) is 7.26. The van der Waals surface area contributed by atoms with Crippen molar-refractivity contribution in [2.24, 2.45) is 0 Å². The zero-order valence-corrected chi connectivity index (χ0v) is 20.6. The first kappa shape index (κ1) is 23.4. The average molecular weight is 501 g/mol. The van der Waals surface area contributed by atoms with Crippen LogP contribution in [0.4, 0.5) is 4.39 Å². The van der Waals surface area contributed by atoms with Gasteiger partial charge in [0, 0.05) is 30.2 Å². The van der Waals surface area contributed by atoms with Gasteiger partial charge in [-0.2, -0.15) is 5.10 Å². The third kappa shape index (κ3) is 4.19. The Kier molecular flexibility index (Phi) is 6.00. The molecule has 2 aromatic heterocycles. The number of halogens is 1. The maximum atomic E-state index is 15.6. The number of carbonyl (C=O) groups excluding carboxylic acids is 1. The summed E-state index contributed by atoms with van der Waals surface area (Å²) in [5.74, 6) is 0.512. The molecular weight excluding hydrogens is 471 g/mol. The third-order valence-corrected chi connectivity index (χ3v) is 7.45. The van der Waals surface area contributed by atoms with Crippen molar-refractivity contribution in [3.05, 3.63) is 59.7 Å². The number of rotatable bonds is 5. The van der Waals surface area contributed by atoms with Crippen LogP contribution in [0.1, 0.15) is 37.4 Å². The van der Waals surface area contributed by atoms with E-state index in [1.165, 1.54) is 0 Å². The van der Waals surface area contributed by atoms with E-state index in [-0.39, 0.29) is 23.5 Å². The molecule has 1 fully saturated rings. The summed E-state index contributed by atoms with van der Waals surface area (Å²) >= 11 is 0. The molecule has 4 aromatic rings. The Labute approximate surface area is 213 Å². The molecule has 2 aromatic carbocycles. The van der Waals surface area contributed by atoms with Crippen molar-refractivity contribution in [2.75, 3.05) is 19.6 Å². The van der Waals surface area contributed by atoms with Crippen LogP contribution in [0.2, 0.25) is 0 Å². The first-order valence-corrected chi connectivity index (χ1v) is 12.8. The number of aromatic hydroxyl groups is 1. The second-order valence-electron chi connectivity index (χ2n) is 9.66. The van der Waals surface area contributed by atoms with Crippen LogP contribution < -0.4 is 5.32 Å². The predicted octanol–water partition coefficient (Wildman–Crippen LogP) is 4.39. The summed E-state index contributed by atoms with van der Waals surface area (Å²) in [6.45, 7) is 4.12. The Morgan fingerprint density at radius 1 is 1.24 bits per heavy atom. The maximum absolute atomic E-state index is 15.6. The molecule has 0 saturated carbocycles. The molecule has 0 aliphatic carbocycles. The minimum Gasteiger partial charge on any atom is -0.508 e. The molecule has 6 rings (SSSR count). The fourth-order valence-electron chi connectivity index (χ4n) is 5.40. The number of nitrogens with one attached hydrogen (secondary N) is 3. The number of fused-ring (bicyclic) bond motifs is 1. The molecule has 9 heteroatoms. The number of aromatic amines is 2.